The number of fused-ring (bicyclic) bond motifs is 1. The molecule has 0 saturated heterocycles. The van der Waals surface area contributed by atoms with Gasteiger partial charge in [0, 0.05) is 12.2 Å². The van der Waals surface area contributed by atoms with Crippen LogP contribution in [0, 0.1) is 12.8 Å². The number of rotatable bonds is 3. The van der Waals surface area contributed by atoms with Gasteiger partial charge in [-0.15, -0.1) is 0 Å². The fourth-order valence-electron chi connectivity index (χ4n) is 2.40. The molecule has 1 aliphatic rings. The van der Waals surface area contributed by atoms with E-state index in [0.717, 1.165) is 12.5 Å². The largest absolute Gasteiger partial charge is 0.385 e. The van der Waals surface area contributed by atoms with Gasteiger partial charge in [0.1, 0.15) is 0 Å². The van der Waals surface area contributed by atoms with Gasteiger partial charge in [0.25, 0.3) is 0 Å². The second-order valence-electron chi connectivity index (χ2n) is 4.75. The van der Waals surface area contributed by atoms with Gasteiger partial charge in [-0.2, -0.15) is 0 Å². The Bertz CT molecular complexity index is 330. The predicted octanol–water partition coefficient (Wildman–Crippen LogP) is 3.77. The Morgan fingerprint density at radius 1 is 1.40 bits per heavy atom. The molecule has 2 rings (SSSR count). The highest BCUT2D eigenvalue weighted by molar-refractivity contribution is 5.54. The Hall–Kier alpha value is -0.980. The maximum Gasteiger partial charge on any atom is 0.0373 e. The van der Waals surface area contributed by atoms with Gasteiger partial charge in [-0.25, -0.2) is 0 Å². The molecule has 0 aliphatic carbocycles. The summed E-state index contributed by atoms with van der Waals surface area (Å²) in [7, 11) is 0. The van der Waals surface area contributed by atoms with E-state index in [1.54, 1.807) is 0 Å². The van der Waals surface area contributed by atoms with Gasteiger partial charge in [0.05, 0.1) is 0 Å². The SMILES string of the molecule is CCCCC1CNc2ccc(C)cc2C1. The summed E-state index contributed by atoms with van der Waals surface area (Å²) in [6.07, 6.45) is 5.32. The van der Waals surface area contributed by atoms with E-state index in [1.165, 1.54) is 42.5 Å². The first-order valence-electron chi connectivity index (χ1n) is 6.13. The van der Waals surface area contributed by atoms with E-state index in [0.29, 0.717) is 0 Å². The first-order valence-corrected chi connectivity index (χ1v) is 6.13. The average Bonchev–Trinajstić information content (AvgIpc) is 2.25. The minimum atomic E-state index is 0.847. The zero-order chi connectivity index (χ0) is 10.7. The van der Waals surface area contributed by atoms with Crippen LogP contribution in [0.25, 0.3) is 0 Å². The van der Waals surface area contributed by atoms with Crippen LogP contribution in [0.4, 0.5) is 5.69 Å². The number of hydrogen-bond acceptors (Lipinski definition) is 1. The summed E-state index contributed by atoms with van der Waals surface area (Å²) < 4.78 is 0. The lowest BCUT2D eigenvalue weighted by atomic mass is 9.89. The zero-order valence-electron chi connectivity index (χ0n) is 9.84. The van der Waals surface area contributed by atoms with Gasteiger partial charge >= 0.3 is 0 Å². The summed E-state index contributed by atoms with van der Waals surface area (Å²) >= 11 is 0. The van der Waals surface area contributed by atoms with Crippen molar-refractivity contribution in [3.05, 3.63) is 29.3 Å². The lowest BCUT2D eigenvalue weighted by Gasteiger charge is -2.26. The van der Waals surface area contributed by atoms with Crippen molar-refractivity contribution in [3.8, 4) is 0 Å². The Balaban J connectivity index is 2.05. The maximum atomic E-state index is 3.55. The smallest absolute Gasteiger partial charge is 0.0373 e. The monoisotopic (exact) mass is 203 g/mol. The summed E-state index contributed by atoms with van der Waals surface area (Å²) in [5, 5.41) is 3.55. The lowest BCUT2D eigenvalue weighted by molar-refractivity contribution is 0.474. The van der Waals surface area contributed by atoms with Crippen molar-refractivity contribution < 1.29 is 0 Å². The van der Waals surface area contributed by atoms with Crippen LogP contribution in [0.15, 0.2) is 18.2 Å². The molecule has 0 radical (unpaired) electrons. The third kappa shape index (κ3) is 2.53. The van der Waals surface area contributed by atoms with Crippen molar-refractivity contribution in [2.45, 2.75) is 39.5 Å². The van der Waals surface area contributed by atoms with Gasteiger partial charge < -0.3 is 5.32 Å². The molecule has 1 atom stereocenters. The second kappa shape index (κ2) is 4.69. The summed E-state index contributed by atoms with van der Waals surface area (Å²) in [5.74, 6) is 0.847. The maximum absolute atomic E-state index is 3.55. The molecule has 1 unspecified atom stereocenters. The molecule has 15 heavy (non-hydrogen) atoms. The van der Waals surface area contributed by atoms with Crippen molar-refractivity contribution >= 4 is 5.69 Å². The minimum Gasteiger partial charge on any atom is -0.385 e. The predicted molar refractivity (Wildman–Crippen MR) is 66.4 cm³/mol. The van der Waals surface area contributed by atoms with Crippen molar-refractivity contribution in [2.24, 2.45) is 5.92 Å². The molecule has 0 amide bonds. The van der Waals surface area contributed by atoms with Crippen LogP contribution in [0.5, 0.6) is 0 Å². The number of hydrogen-bond donors (Lipinski definition) is 1. The topological polar surface area (TPSA) is 12.0 Å². The first kappa shape index (κ1) is 10.5. The molecule has 0 aromatic heterocycles. The molecule has 1 N–H and O–H groups in total. The van der Waals surface area contributed by atoms with E-state index in [1.807, 2.05) is 0 Å². The molecular formula is C14H21N. The summed E-state index contributed by atoms with van der Waals surface area (Å²) in [4.78, 5) is 0. The van der Waals surface area contributed by atoms with Crippen LogP contribution in [-0.2, 0) is 6.42 Å². The van der Waals surface area contributed by atoms with Crippen LogP contribution in [0.1, 0.15) is 37.3 Å². The van der Waals surface area contributed by atoms with E-state index in [2.05, 4.69) is 37.4 Å². The van der Waals surface area contributed by atoms with Crippen LogP contribution >= 0.6 is 0 Å². The van der Waals surface area contributed by atoms with E-state index in [-0.39, 0.29) is 0 Å². The molecule has 1 heteroatoms. The van der Waals surface area contributed by atoms with Crippen LogP contribution < -0.4 is 5.32 Å². The molecule has 1 aromatic carbocycles. The van der Waals surface area contributed by atoms with E-state index in [4.69, 9.17) is 0 Å². The van der Waals surface area contributed by atoms with E-state index in [9.17, 15) is 0 Å². The highest BCUT2D eigenvalue weighted by Crippen LogP contribution is 2.27. The van der Waals surface area contributed by atoms with Gasteiger partial charge in [-0.3, -0.25) is 0 Å². The summed E-state index contributed by atoms with van der Waals surface area (Å²) in [5.41, 5.74) is 4.25. The fourth-order valence-corrected chi connectivity index (χ4v) is 2.40. The van der Waals surface area contributed by atoms with Gasteiger partial charge in [0.15, 0.2) is 0 Å². The summed E-state index contributed by atoms with van der Waals surface area (Å²) in [6.45, 7) is 5.61. The minimum absolute atomic E-state index is 0.847. The highest BCUT2D eigenvalue weighted by atomic mass is 14.9. The normalized spacial score (nSPS) is 19.5. The van der Waals surface area contributed by atoms with Crippen molar-refractivity contribution in [1.29, 1.82) is 0 Å². The molecular weight excluding hydrogens is 182 g/mol. The number of aryl methyl sites for hydroxylation is 1. The van der Waals surface area contributed by atoms with Crippen molar-refractivity contribution in [1.82, 2.24) is 0 Å². The van der Waals surface area contributed by atoms with Gasteiger partial charge in [-0.1, -0.05) is 37.5 Å². The number of nitrogens with one attached hydrogen (secondary N) is 1. The third-order valence-corrected chi connectivity index (χ3v) is 3.32. The number of unbranched alkanes of at least 4 members (excludes halogenated alkanes) is 1. The highest BCUT2D eigenvalue weighted by Gasteiger charge is 2.17. The fraction of sp³-hybridized carbons (Fsp3) is 0.571. The van der Waals surface area contributed by atoms with Crippen LogP contribution in [0.2, 0.25) is 0 Å². The molecule has 1 nitrogen and oxygen atoms in total. The van der Waals surface area contributed by atoms with Crippen molar-refractivity contribution in [2.75, 3.05) is 11.9 Å². The number of anilines is 1. The first-order chi connectivity index (χ1) is 7.29. The van der Waals surface area contributed by atoms with Gasteiger partial charge in [0.2, 0.25) is 0 Å². The van der Waals surface area contributed by atoms with E-state index >= 15 is 0 Å². The summed E-state index contributed by atoms with van der Waals surface area (Å²) in [6, 6.07) is 6.75. The Kier molecular flexibility index (Phi) is 3.30. The lowest BCUT2D eigenvalue weighted by Crippen LogP contribution is -2.23. The van der Waals surface area contributed by atoms with Crippen molar-refractivity contribution in [3.63, 3.8) is 0 Å². The molecule has 1 heterocycles. The quantitative estimate of drug-likeness (QED) is 0.788. The van der Waals surface area contributed by atoms with Crippen LogP contribution in [0.3, 0.4) is 0 Å². The Labute approximate surface area is 92.9 Å². The van der Waals surface area contributed by atoms with Gasteiger partial charge in [-0.05, 0) is 37.3 Å². The van der Waals surface area contributed by atoms with Crippen LogP contribution in [-0.4, -0.2) is 6.54 Å². The molecule has 0 bridgehead atoms. The standard InChI is InChI=1S/C14H21N/c1-3-4-5-12-9-13-8-11(2)6-7-14(13)15-10-12/h6-8,12,15H,3-5,9-10H2,1-2H3. The average molecular weight is 203 g/mol. The Morgan fingerprint density at radius 2 is 2.27 bits per heavy atom. The second-order valence-corrected chi connectivity index (χ2v) is 4.75. The van der Waals surface area contributed by atoms with E-state index < -0.39 is 0 Å². The zero-order valence-corrected chi connectivity index (χ0v) is 9.84. The molecule has 0 spiro atoms. The number of benzene rings is 1. The molecule has 1 aliphatic heterocycles. The third-order valence-electron chi connectivity index (χ3n) is 3.32. The molecule has 0 fully saturated rings. The molecule has 1 aromatic rings. The molecule has 82 valence electrons. The molecule has 0 saturated carbocycles. The Morgan fingerprint density at radius 3 is 3.07 bits per heavy atom.